The second kappa shape index (κ2) is 18.9. The van der Waals surface area contributed by atoms with Gasteiger partial charge in [0.25, 0.3) is 0 Å². The summed E-state index contributed by atoms with van der Waals surface area (Å²) in [6, 6.07) is 14.7. The summed E-state index contributed by atoms with van der Waals surface area (Å²) in [4.78, 5) is 95.3. The minimum Gasteiger partial charge on any atom is -0.463 e. The van der Waals surface area contributed by atoms with Crippen molar-refractivity contribution in [2.45, 2.75) is 110 Å². The molecule has 20 nitrogen and oxygen atoms in total. The smallest absolute Gasteiger partial charge is 0.303 e. The van der Waals surface area contributed by atoms with E-state index in [9.17, 15) is 33.6 Å². The highest BCUT2D eigenvalue weighted by atomic mass is 16.8. The van der Waals surface area contributed by atoms with Crippen LogP contribution in [0.25, 0.3) is 32.8 Å². The molecule has 2 aliphatic heterocycles. The molecular weight excluding hydrogens is 808 g/mol. The number of esters is 7. The van der Waals surface area contributed by atoms with E-state index in [1.165, 1.54) is 0 Å². The molecule has 20 heteroatoms. The van der Waals surface area contributed by atoms with Crippen LogP contribution in [0.1, 0.15) is 48.5 Å². The second-order valence-corrected chi connectivity index (χ2v) is 14.2. The Morgan fingerprint density at radius 1 is 0.574 bits per heavy atom. The van der Waals surface area contributed by atoms with E-state index in [-0.39, 0.29) is 5.75 Å². The zero-order valence-corrected chi connectivity index (χ0v) is 34.1. The van der Waals surface area contributed by atoms with E-state index in [4.69, 9.17) is 57.1 Å². The van der Waals surface area contributed by atoms with Crippen LogP contribution in [0.15, 0.2) is 48.5 Å². The lowest BCUT2D eigenvalue weighted by Gasteiger charge is -2.48. The Morgan fingerprint density at radius 2 is 1.08 bits per heavy atom. The lowest BCUT2D eigenvalue weighted by molar-refractivity contribution is -0.354. The van der Waals surface area contributed by atoms with E-state index >= 15 is 0 Å². The fraction of sp³-hybridized carbons (Fsp3) is 0.463. The molecule has 1 N–H and O–H groups in total. The third-order valence-electron chi connectivity index (χ3n) is 9.39. The summed E-state index contributed by atoms with van der Waals surface area (Å²) < 4.78 is 64.0. The zero-order valence-electron chi connectivity index (χ0n) is 34.1. The number of carbonyl (C=O) groups excluding carboxylic acids is 7. The summed E-state index contributed by atoms with van der Waals surface area (Å²) in [7, 11) is 0. The fourth-order valence-corrected chi connectivity index (χ4v) is 7.20. The van der Waals surface area contributed by atoms with Crippen molar-refractivity contribution in [3.05, 3.63) is 48.5 Å². The SMILES string of the molecule is CC(=O)OC[C@H]1O[C@@H](O[C@H]2[C@H](OC(C)=O)[C@@H](OC(C)=O)[C@H](Oc3cccc4c3[nH]c3cc5ccccc5nc34)O[C@@H]2COC(C)=O)[C@H](OC(C)=O)[C@@H](OC(C)=O)[C@H]1OC(C)=O. The number of pyridine rings is 1. The molecule has 0 radical (unpaired) electrons. The number of ether oxygens (including phenoxy) is 11. The van der Waals surface area contributed by atoms with Crippen LogP contribution in [0, 0.1) is 0 Å². The van der Waals surface area contributed by atoms with E-state index in [2.05, 4.69) is 4.98 Å². The van der Waals surface area contributed by atoms with Crippen LogP contribution < -0.4 is 4.74 Å². The van der Waals surface area contributed by atoms with Crippen LogP contribution >= 0.6 is 0 Å². The fourth-order valence-electron chi connectivity index (χ4n) is 7.20. The van der Waals surface area contributed by atoms with E-state index < -0.39 is 116 Å². The molecule has 2 aliphatic rings. The number of rotatable bonds is 13. The second-order valence-electron chi connectivity index (χ2n) is 14.2. The molecule has 0 saturated carbocycles. The molecule has 0 unspecified atom stereocenters. The average molecular weight is 853 g/mol. The summed E-state index contributed by atoms with van der Waals surface area (Å²) in [6.07, 6.45) is -16.1. The normalized spacial score (nSPS) is 26.1. The molecule has 0 amide bonds. The third-order valence-corrected chi connectivity index (χ3v) is 9.39. The Hall–Kier alpha value is -6.38. The van der Waals surface area contributed by atoms with Crippen LogP contribution in [-0.4, -0.2) is 126 Å². The highest BCUT2D eigenvalue weighted by molar-refractivity contribution is 6.09. The maximum Gasteiger partial charge on any atom is 0.303 e. The Labute approximate surface area is 347 Å². The summed E-state index contributed by atoms with van der Waals surface area (Å²) in [5, 5.41) is 1.56. The highest BCUT2D eigenvalue weighted by Gasteiger charge is 2.58. The first-order valence-corrected chi connectivity index (χ1v) is 19.0. The van der Waals surface area contributed by atoms with Gasteiger partial charge >= 0.3 is 41.8 Å². The number of aromatic amines is 1. The van der Waals surface area contributed by atoms with Gasteiger partial charge in [-0.1, -0.05) is 30.3 Å². The predicted octanol–water partition coefficient (Wildman–Crippen LogP) is 2.87. The molecule has 0 aliphatic carbocycles. The lowest BCUT2D eigenvalue weighted by atomic mass is 9.96. The van der Waals surface area contributed by atoms with Crippen molar-refractivity contribution >= 4 is 74.6 Å². The minimum absolute atomic E-state index is 0.202. The number of fused-ring (bicyclic) bond motifs is 4. The first kappa shape index (κ1) is 44.2. The number of H-pyrrole nitrogens is 1. The summed E-state index contributed by atoms with van der Waals surface area (Å²) in [5.41, 5.74) is 2.58. The van der Waals surface area contributed by atoms with Crippen molar-refractivity contribution in [1.82, 2.24) is 9.97 Å². The topological polar surface area (TPSA) is 250 Å². The van der Waals surface area contributed by atoms with Gasteiger partial charge in [0.1, 0.15) is 37.3 Å². The summed E-state index contributed by atoms with van der Waals surface area (Å²) in [5.74, 6) is -5.73. The molecule has 0 spiro atoms. The van der Waals surface area contributed by atoms with Crippen LogP contribution in [0.2, 0.25) is 0 Å². The largest absolute Gasteiger partial charge is 0.463 e. The van der Waals surface area contributed by atoms with Crippen molar-refractivity contribution < 1.29 is 85.7 Å². The number of nitrogens with one attached hydrogen (secondary N) is 1. The Balaban J connectivity index is 1.43. The first-order chi connectivity index (χ1) is 29.0. The number of aromatic nitrogens is 2. The number of para-hydroxylation sites is 2. The van der Waals surface area contributed by atoms with Crippen molar-refractivity contribution in [3.8, 4) is 5.75 Å². The number of carbonyl (C=O) groups is 7. The highest BCUT2D eigenvalue weighted by Crippen LogP contribution is 2.38. The molecule has 2 saturated heterocycles. The maximum atomic E-state index is 12.9. The lowest BCUT2D eigenvalue weighted by Crippen LogP contribution is -2.67. The molecule has 10 atom stereocenters. The van der Waals surface area contributed by atoms with E-state index in [1.54, 1.807) is 12.1 Å². The summed E-state index contributed by atoms with van der Waals surface area (Å²) >= 11 is 0. The van der Waals surface area contributed by atoms with Crippen LogP contribution in [0.4, 0.5) is 0 Å². The Morgan fingerprint density at radius 3 is 1.67 bits per heavy atom. The van der Waals surface area contributed by atoms with Gasteiger partial charge in [-0.3, -0.25) is 33.6 Å². The number of hydrogen-bond donors (Lipinski definition) is 1. The third kappa shape index (κ3) is 10.5. The quantitative estimate of drug-likeness (QED) is 0.150. The molecule has 61 heavy (non-hydrogen) atoms. The van der Waals surface area contributed by atoms with Crippen molar-refractivity contribution in [3.63, 3.8) is 0 Å². The van der Waals surface area contributed by atoms with Gasteiger partial charge in [-0.2, -0.15) is 0 Å². The molecule has 2 aromatic carbocycles. The molecule has 6 rings (SSSR count). The van der Waals surface area contributed by atoms with Gasteiger partial charge in [0.2, 0.25) is 12.4 Å². The van der Waals surface area contributed by atoms with Crippen LogP contribution in [0.5, 0.6) is 5.75 Å². The van der Waals surface area contributed by atoms with Gasteiger partial charge in [-0.15, -0.1) is 0 Å². The first-order valence-electron chi connectivity index (χ1n) is 19.0. The molecular formula is C41H44N2O18. The standard InChI is InChI=1S/C41H44N2O18/c1-18(44)51-16-30-34(53-20(3)46)36(54-21(4)47)39(57-24(7)50)41(60-30)61-35-31(17-52-19(2)45)59-40(38(56-23(6)49)37(35)55-22(5)48)58-29-14-10-12-26-32-28(43-33(26)29)15-25-11-8-9-13-27(25)42-32/h8-15,30-31,34-41,43H,16-17H2,1-7H3/t30-,31-,34+,35-,36+,37+,38-,39-,40-,41+/m1/s1. The van der Waals surface area contributed by atoms with Crippen molar-refractivity contribution in [2.24, 2.45) is 0 Å². The monoisotopic (exact) mass is 852 g/mol. The molecule has 0 bridgehead atoms. The van der Waals surface area contributed by atoms with Gasteiger partial charge in [0, 0.05) is 59.2 Å². The van der Waals surface area contributed by atoms with Crippen molar-refractivity contribution in [2.75, 3.05) is 13.2 Å². The number of benzene rings is 2. The Kier molecular flexibility index (Phi) is 13.7. The molecule has 326 valence electrons. The Bertz CT molecular complexity index is 2330. The molecule has 2 fully saturated rings. The van der Waals surface area contributed by atoms with Crippen molar-refractivity contribution in [1.29, 1.82) is 0 Å². The van der Waals surface area contributed by atoms with Gasteiger partial charge in [-0.25, -0.2) is 4.98 Å². The van der Waals surface area contributed by atoms with Gasteiger partial charge in [-0.05, 0) is 18.2 Å². The van der Waals surface area contributed by atoms with E-state index in [0.29, 0.717) is 21.9 Å². The molecule has 4 aromatic rings. The van der Waals surface area contributed by atoms with Crippen LogP contribution in [-0.2, 0) is 80.9 Å². The van der Waals surface area contributed by atoms with E-state index in [1.807, 2.05) is 36.4 Å². The minimum atomic E-state index is -1.83. The van der Waals surface area contributed by atoms with Gasteiger partial charge in [0.15, 0.2) is 30.7 Å². The zero-order chi connectivity index (χ0) is 44.1. The van der Waals surface area contributed by atoms with Gasteiger partial charge < -0.3 is 57.1 Å². The molecule has 2 aromatic heterocycles. The molecule has 4 heterocycles. The average Bonchev–Trinajstić information content (AvgIpc) is 3.54. The number of nitrogens with zero attached hydrogens (tertiary/aromatic N) is 1. The summed E-state index contributed by atoms with van der Waals surface area (Å²) in [6.45, 7) is 6.38. The van der Waals surface area contributed by atoms with Gasteiger partial charge in [0.05, 0.1) is 22.1 Å². The maximum absolute atomic E-state index is 12.9. The predicted molar refractivity (Wildman–Crippen MR) is 205 cm³/mol. The van der Waals surface area contributed by atoms with E-state index in [0.717, 1.165) is 59.4 Å². The van der Waals surface area contributed by atoms with Crippen LogP contribution in [0.3, 0.4) is 0 Å². The number of hydrogen-bond acceptors (Lipinski definition) is 19.